The molecule has 88 valence electrons. The van der Waals surface area contributed by atoms with E-state index in [1.165, 1.54) is 16.8 Å². The van der Waals surface area contributed by atoms with E-state index in [0.29, 0.717) is 13.0 Å². The minimum absolute atomic E-state index is 0.117. The Morgan fingerprint density at radius 3 is 2.56 bits per heavy atom. The summed E-state index contributed by atoms with van der Waals surface area (Å²) in [6.07, 6.45) is 2.61. The fourth-order valence-electron chi connectivity index (χ4n) is 1.40. The number of carbonyl (C=O) groups is 1. The SMILES string of the molecule is CCCn1ccc(=O)n(CC(=O)CC)c1=O. The summed E-state index contributed by atoms with van der Waals surface area (Å²) in [4.78, 5) is 34.5. The van der Waals surface area contributed by atoms with Crippen molar-refractivity contribution in [2.45, 2.75) is 39.8 Å². The summed E-state index contributed by atoms with van der Waals surface area (Å²) < 4.78 is 2.44. The van der Waals surface area contributed by atoms with Gasteiger partial charge >= 0.3 is 5.69 Å². The highest BCUT2D eigenvalue weighted by Crippen LogP contribution is 1.86. The van der Waals surface area contributed by atoms with Gasteiger partial charge in [-0.2, -0.15) is 0 Å². The largest absolute Gasteiger partial charge is 0.331 e. The van der Waals surface area contributed by atoms with E-state index in [1.54, 1.807) is 6.92 Å². The number of Topliss-reactive ketones (excluding diaryl/α,β-unsaturated/α-hetero) is 1. The van der Waals surface area contributed by atoms with Gasteiger partial charge in [-0.25, -0.2) is 4.79 Å². The predicted molar refractivity (Wildman–Crippen MR) is 60.6 cm³/mol. The second kappa shape index (κ2) is 5.44. The Bertz CT molecular complexity index is 485. The number of hydrogen-bond donors (Lipinski definition) is 0. The summed E-state index contributed by atoms with van der Waals surface area (Å²) in [7, 11) is 0. The van der Waals surface area contributed by atoms with Crippen LogP contribution in [-0.2, 0) is 17.9 Å². The highest BCUT2D eigenvalue weighted by atomic mass is 16.2. The Hall–Kier alpha value is -1.65. The van der Waals surface area contributed by atoms with E-state index in [-0.39, 0.29) is 12.3 Å². The molecule has 0 unspecified atom stereocenters. The Labute approximate surface area is 93.3 Å². The summed E-state index contributed by atoms with van der Waals surface area (Å²) in [5.41, 5.74) is -0.824. The first-order chi connectivity index (χ1) is 7.60. The molecule has 1 heterocycles. The van der Waals surface area contributed by atoms with E-state index in [9.17, 15) is 14.4 Å². The molecule has 0 atom stereocenters. The van der Waals surface area contributed by atoms with Crippen LogP contribution in [0.3, 0.4) is 0 Å². The van der Waals surface area contributed by atoms with Crippen LogP contribution in [0, 0.1) is 0 Å². The number of carbonyl (C=O) groups excluding carboxylic acids is 1. The first kappa shape index (κ1) is 12.4. The quantitative estimate of drug-likeness (QED) is 0.727. The average molecular weight is 224 g/mol. The van der Waals surface area contributed by atoms with E-state index in [1.807, 2.05) is 6.92 Å². The highest BCUT2D eigenvalue weighted by molar-refractivity contribution is 5.77. The minimum Gasteiger partial charge on any atom is -0.300 e. The molecule has 5 heteroatoms. The van der Waals surface area contributed by atoms with Crippen molar-refractivity contribution < 1.29 is 4.79 Å². The molecule has 0 radical (unpaired) electrons. The zero-order valence-corrected chi connectivity index (χ0v) is 9.60. The van der Waals surface area contributed by atoms with Crippen LogP contribution in [0.2, 0.25) is 0 Å². The third-order valence-corrected chi connectivity index (χ3v) is 2.33. The first-order valence-corrected chi connectivity index (χ1v) is 5.42. The second-order valence-corrected chi connectivity index (χ2v) is 3.61. The predicted octanol–water partition coefficient (Wildman–Crippen LogP) is 0.399. The standard InChI is InChI=1S/C11H16N2O3/c1-3-6-12-7-5-10(15)13(11(12)16)8-9(14)4-2/h5,7H,3-4,6,8H2,1-2H3. The van der Waals surface area contributed by atoms with Gasteiger partial charge in [0, 0.05) is 25.2 Å². The Kier molecular flexibility index (Phi) is 4.22. The van der Waals surface area contributed by atoms with Crippen molar-refractivity contribution in [3.8, 4) is 0 Å². The van der Waals surface area contributed by atoms with Gasteiger partial charge in [0.25, 0.3) is 5.56 Å². The molecule has 0 fully saturated rings. The lowest BCUT2D eigenvalue weighted by molar-refractivity contribution is -0.119. The monoisotopic (exact) mass is 224 g/mol. The van der Waals surface area contributed by atoms with Gasteiger partial charge < -0.3 is 4.57 Å². The maximum atomic E-state index is 11.8. The summed E-state index contributed by atoms with van der Waals surface area (Å²) in [6, 6.07) is 1.32. The van der Waals surface area contributed by atoms with Crippen LogP contribution in [0.4, 0.5) is 0 Å². The molecule has 0 aliphatic carbocycles. The van der Waals surface area contributed by atoms with E-state index >= 15 is 0 Å². The lowest BCUT2D eigenvalue weighted by Gasteiger charge is -2.07. The van der Waals surface area contributed by atoms with Crippen LogP contribution >= 0.6 is 0 Å². The third-order valence-electron chi connectivity index (χ3n) is 2.33. The maximum Gasteiger partial charge on any atom is 0.331 e. The molecule has 0 aliphatic heterocycles. The van der Waals surface area contributed by atoms with Gasteiger partial charge in [-0.1, -0.05) is 13.8 Å². The summed E-state index contributed by atoms with van der Waals surface area (Å²) >= 11 is 0. The Balaban J connectivity index is 3.16. The first-order valence-electron chi connectivity index (χ1n) is 5.42. The fraction of sp³-hybridized carbons (Fsp3) is 0.545. The van der Waals surface area contributed by atoms with Crippen LogP contribution in [0.25, 0.3) is 0 Å². The van der Waals surface area contributed by atoms with Crippen molar-refractivity contribution in [3.63, 3.8) is 0 Å². The zero-order valence-electron chi connectivity index (χ0n) is 9.60. The number of hydrogen-bond acceptors (Lipinski definition) is 3. The molecule has 1 rings (SSSR count). The van der Waals surface area contributed by atoms with Gasteiger partial charge in [0.15, 0.2) is 5.78 Å². The van der Waals surface area contributed by atoms with Crippen LogP contribution < -0.4 is 11.2 Å². The smallest absolute Gasteiger partial charge is 0.300 e. The number of rotatable bonds is 5. The molecule has 0 saturated carbocycles. The molecule has 0 bridgehead atoms. The van der Waals surface area contributed by atoms with Gasteiger partial charge in [0.05, 0.1) is 6.54 Å². The molecule has 16 heavy (non-hydrogen) atoms. The second-order valence-electron chi connectivity index (χ2n) is 3.61. The minimum atomic E-state index is -0.417. The van der Waals surface area contributed by atoms with Crippen LogP contribution in [0.15, 0.2) is 21.9 Å². The number of aryl methyl sites for hydroxylation is 1. The highest BCUT2D eigenvalue weighted by Gasteiger charge is 2.07. The summed E-state index contributed by atoms with van der Waals surface area (Å²) in [6.45, 7) is 4.08. The van der Waals surface area contributed by atoms with E-state index < -0.39 is 11.2 Å². The van der Waals surface area contributed by atoms with E-state index in [4.69, 9.17) is 0 Å². The molecule has 0 saturated heterocycles. The molecule has 1 aromatic rings. The summed E-state index contributed by atoms with van der Waals surface area (Å²) in [5.74, 6) is -0.117. The normalized spacial score (nSPS) is 10.4. The van der Waals surface area contributed by atoms with Crippen molar-refractivity contribution in [2.24, 2.45) is 0 Å². The lowest BCUT2D eigenvalue weighted by Crippen LogP contribution is -2.40. The van der Waals surface area contributed by atoms with Crippen LogP contribution in [0.5, 0.6) is 0 Å². The lowest BCUT2D eigenvalue weighted by atomic mass is 10.3. The third kappa shape index (κ3) is 2.68. The molecule has 5 nitrogen and oxygen atoms in total. The molecule has 0 aromatic carbocycles. The molecule has 0 spiro atoms. The maximum absolute atomic E-state index is 11.8. The van der Waals surface area contributed by atoms with Crippen molar-refractivity contribution in [1.82, 2.24) is 9.13 Å². The van der Waals surface area contributed by atoms with Gasteiger partial charge in [-0.3, -0.25) is 14.2 Å². The van der Waals surface area contributed by atoms with E-state index in [0.717, 1.165) is 11.0 Å². The Morgan fingerprint density at radius 1 is 1.31 bits per heavy atom. The van der Waals surface area contributed by atoms with Crippen molar-refractivity contribution in [3.05, 3.63) is 33.1 Å². The fourth-order valence-corrected chi connectivity index (χ4v) is 1.40. The van der Waals surface area contributed by atoms with Crippen molar-refractivity contribution in [2.75, 3.05) is 0 Å². The van der Waals surface area contributed by atoms with E-state index in [2.05, 4.69) is 0 Å². The molecule has 1 aromatic heterocycles. The number of ketones is 1. The van der Waals surface area contributed by atoms with Gasteiger partial charge in [-0.05, 0) is 6.42 Å². The topological polar surface area (TPSA) is 61.1 Å². The van der Waals surface area contributed by atoms with Gasteiger partial charge in [-0.15, -0.1) is 0 Å². The summed E-state index contributed by atoms with van der Waals surface area (Å²) in [5, 5.41) is 0. The number of aromatic nitrogens is 2. The van der Waals surface area contributed by atoms with Crippen LogP contribution in [-0.4, -0.2) is 14.9 Å². The molecular weight excluding hydrogens is 208 g/mol. The van der Waals surface area contributed by atoms with Crippen LogP contribution in [0.1, 0.15) is 26.7 Å². The van der Waals surface area contributed by atoms with Gasteiger partial charge in [0.2, 0.25) is 0 Å². The zero-order chi connectivity index (χ0) is 12.1. The molecular formula is C11H16N2O3. The molecule has 0 amide bonds. The average Bonchev–Trinajstić information content (AvgIpc) is 2.28. The van der Waals surface area contributed by atoms with Crippen molar-refractivity contribution >= 4 is 5.78 Å². The van der Waals surface area contributed by atoms with Gasteiger partial charge in [0.1, 0.15) is 0 Å². The molecule has 0 aliphatic rings. The molecule has 0 N–H and O–H groups in total. The van der Waals surface area contributed by atoms with Crippen molar-refractivity contribution in [1.29, 1.82) is 0 Å². The number of nitrogens with zero attached hydrogens (tertiary/aromatic N) is 2. The Morgan fingerprint density at radius 2 is 2.00 bits per heavy atom.